The molecule has 2 aromatic rings. The Bertz CT molecular complexity index is 254. The zero-order valence-electron chi connectivity index (χ0n) is 7.11. The molecule has 0 radical (unpaired) electrons. The van der Waals surface area contributed by atoms with E-state index < -0.39 is 0 Å². The molecule has 0 amide bonds. The SMILES string of the molecule is Cc1ccn[nH]1.Cc1nccs1. The minimum atomic E-state index is 1.11. The Labute approximate surface area is 75.5 Å². The Morgan fingerprint density at radius 1 is 1.33 bits per heavy atom. The fraction of sp³-hybridized carbons (Fsp3) is 0.250. The second-order valence-corrected chi connectivity index (χ2v) is 3.39. The Morgan fingerprint density at radius 3 is 2.33 bits per heavy atom. The van der Waals surface area contributed by atoms with Crippen LogP contribution >= 0.6 is 11.3 Å². The standard InChI is InChI=1S/C4H6N2.C4H5NS/c1-4-2-3-5-6-4;1-4-5-2-3-6-4/h2-3H,1H3,(H,5,6);2-3H,1H3. The van der Waals surface area contributed by atoms with Crippen molar-refractivity contribution in [1.29, 1.82) is 0 Å². The molecule has 0 saturated carbocycles. The molecule has 12 heavy (non-hydrogen) atoms. The van der Waals surface area contributed by atoms with Crippen LogP contribution in [-0.2, 0) is 0 Å². The first kappa shape index (κ1) is 8.93. The lowest BCUT2D eigenvalue weighted by Crippen LogP contribution is -1.65. The van der Waals surface area contributed by atoms with Gasteiger partial charge in [0, 0.05) is 23.5 Å². The molecular weight excluding hydrogens is 170 g/mol. The summed E-state index contributed by atoms with van der Waals surface area (Å²) in [6, 6.07) is 1.92. The Balaban J connectivity index is 0.000000120. The summed E-state index contributed by atoms with van der Waals surface area (Å²) in [5.74, 6) is 0. The van der Waals surface area contributed by atoms with Crippen LogP contribution in [0, 0.1) is 13.8 Å². The van der Waals surface area contributed by atoms with E-state index in [-0.39, 0.29) is 0 Å². The maximum Gasteiger partial charge on any atom is 0.0893 e. The van der Waals surface area contributed by atoms with Crippen molar-refractivity contribution in [1.82, 2.24) is 15.2 Å². The molecule has 2 aromatic heterocycles. The topological polar surface area (TPSA) is 41.6 Å². The molecule has 0 spiro atoms. The molecule has 0 atom stereocenters. The first-order chi connectivity index (χ1) is 5.79. The molecule has 2 heterocycles. The number of rotatable bonds is 0. The molecule has 0 aliphatic carbocycles. The van der Waals surface area contributed by atoms with E-state index in [4.69, 9.17) is 0 Å². The lowest BCUT2D eigenvalue weighted by Gasteiger charge is -1.68. The van der Waals surface area contributed by atoms with Crippen LogP contribution in [0.5, 0.6) is 0 Å². The third-order valence-electron chi connectivity index (χ3n) is 1.20. The quantitative estimate of drug-likeness (QED) is 0.676. The lowest BCUT2D eigenvalue weighted by molar-refractivity contribution is 1.05. The van der Waals surface area contributed by atoms with Gasteiger partial charge < -0.3 is 0 Å². The zero-order valence-corrected chi connectivity index (χ0v) is 7.93. The second-order valence-electron chi connectivity index (χ2n) is 2.29. The third kappa shape index (κ3) is 3.30. The van der Waals surface area contributed by atoms with E-state index in [1.807, 2.05) is 25.3 Å². The molecule has 1 N–H and O–H groups in total. The lowest BCUT2D eigenvalue weighted by atomic mass is 10.5. The van der Waals surface area contributed by atoms with Crippen molar-refractivity contribution in [3.8, 4) is 0 Å². The average molecular weight is 181 g/mol. The molecule has 64 valence electrons. The van der Waals surface area contributed by atoms with E-state index in [2.05, 4.69) is 15.2 Å². The zero-order chi connectivity index (χ0) is 8.81. The smallest absolute Gasteiger partial charge is 0.0893 e. The van der Waals surface area contributed by atoms with Gasteiger partial charge in [0.05, 0.1) is 5.01 Å². The number of aromatic amines is 1. The van der Waals surface area contributed by atoms with Gasteiger partial charge in [-0.3, -0.25) is 10.1 Å². The highest BCUT2D eigenvalue weighted by atomic mass is 32.1. The van der Waals surface area contributed by atoms with Gasteiger partial charge >= 0.3 is 0 Å². The van der Waals surface area contributed by atoms with Crippen LogP contribution < -0.4 is 0 Å². The summed E-state index contributed by atoms with van der Waals surface area (Å²) in [7, 11) is 0. The van der Waals surface area contributed by atoms with Gasteiger partial charge in [-0.1, -0.05) is 0 Å². The van der Waals surface area contributed by atoms with E-state index >= 15 is 0 Å². The van der Waals surface area contributed by atoms with Crippen molar-refractivity contribution >= 4 is 11.3 Å². The maximum absolute atomic E-state index is 3.94. The van der Waals surface area contributed by atoms with Crippen LogP contribution in [0.25, 0.3) is 0 Å². The van der Waals surface area contributed by atoms with Crippen molar-refractivity contribution in [2.45, 2.75) is 13.8 Å². The highest BCUT2D eigenvalue weighted by Crippen LogP contribution is 1.98. The van der Waals surface area contributed by atoms with E-state index in [9.17, 15) is 0 Å². The van der Waals surface area contributed by atoms with Crippen molar-refractivity contribution < 1.29 is 0 Å². The Morgan fingerprint density at radius 2 is 2.17 bits per heavy atom. The van der Waals surface area contributed by atoms with E-state index in [1.54, 1.807) is 23.7 Å². The minimum Gasteiger partial charge on any atom is -0.283 e. The number of nitrogens with zero attached hydrogens (tertiary/aromatic N) is 2. The van der Waals surface area contributed by atoms with Gasteiger partial charge in [0.2, 0.25) is 0 Å². The number of nitrogens with one attached hydrogen (secondary N) is 1. The number of hydrogen-bond acceptors (Lipinski definition) is 3. The normalized spacial score (nSPS) is 8.83. The monoisotopic (exact) mass is 181 g/mol. The summed E-state index contributed by atoms with van der Waals surface area (Å²) in [4.78, 5) is 3.94. The molecular formula is C8H11N3S. The summed E-state index contributed by atoms with van der Waals surface area (Å²) in [6.45, 7) is 3.96. The first-order valence-electron chi connectivity index (χ1n) is 3.61. The molecule has 0 fully saturated rings. The highest BCUT2D eigenvalue weighted by Gasteiger charge is 1.76. The highest BCUT2D eigenvalue weighted by molar-refractivity contribution is 7.09. The van der Waals surface area contributed by atoms with Gasteiger partial charge in [-0.05, 0) is 19.9 Å². The van der Waals surface area contributed by atoms with Crippen LogP contribution in [0.2, 0.25) is 0 Å². The van der Waals surface area contributed by atoms with Crippen molar-refractivity contribution in [2.75, 3.05) is 0 Å². The first-order valence-corrected chi connectivity index (χ1v) is 4.49. The van der Waals surface area contributed by atoms with Crippen LogP contribution in [-0.4, -0.2) is 15.2 Å². The van der Waals surface area contributed by atoms with Crippen molar-refractivity contribution in [3.05, 3.63) is 34.5 Å². The molecule has 0 saturated heterocycles. The molecule has 0 aliphatic heterocycles. The van der Waals surface area contributed by atoms with E-state index in [1.165, 1.54) is 0 Å². The molecule has 4 heteroatoms. The summed E-state index contributed by atoms with van der Waals surface area (Å²) >= 11 is 1.67. The van der Waals surface area contributed by atoms with Gasteiger partial charge in [0.1, 0.15) is 0 Å². The summed E-state index contributed by atoms with van der Waals surface area (Å²) in [6.07, 6.45) is 3.54. The molecule has 0 bridgehead atoms. The second kappa shape index (κ2) is 4.66. The number of hydrogen-bond donors (Lipinski definition) is 1. The maximum atomic E-state index is 3.94. The van der Waals surface area contributed by atoms with Crippen molar-refractivity contribution in [2.24, 2.45) is 0 Å². The molecule has 2 rings (SSSR count). The molecule has 0 aromatic carbocycles. The molecule has 0 unspecified atom stereocenters. The van der Waals surface area contributed by atoms with E-state index in [0.29, 0.717) is 0 Å². The van der Waals surface area contributed by atoms with Crippen LogP contribution in [0.3, 0.4) is 0 Å². The number of aryl methyl sites for hydroxylation is 2. The minimum absolute atomic E-state index is 1.11. The van der Waals surface area contributed by atoms with E-state index in [0.717, 1.165) is 10.7 Å². The van der Waals surface area contributed by atoms with Crippen LogP contribution in [0.15, 0.2) is 23.8 Å². The fourth-order valence-electron chi connectivity index (χ4n) is 0.620. The van der Waals surface area contributed by atoms with Crippen LogP contribution in [0.1, 0.15) is 10.7 Å². The predicted molar refractivity (Wildman–Crippen MR) is 50.2 cm³/mol. The summed E-state index contributed by atoms with van der Waals surface area (Å²) in [5, 5.41) is 9.55. The van der Waals surface area contributed by atoms with Gasteiger partial charge in [0.25, 0.3) is 0 Å². The average Bonchev–Trinajstić information content (AvgIpc) is 2.63. The molecule has 3 nitrogen and oxygen atoms in total. The predicted octanol–water partition coefficient (Wildman–Crippen LogP) is 2.17. The van der Waals surface area contributed by atoms with Gasteiger partial charge in [-0.2, -0.15) is 5.10 Å². The number of H-pyrrole nitrogens is 1. The van der Waals surface area contributed by atoms with Gasteiger partial charge in [-0.15, -0.1) is 11.3 Å². The Hall–Kier alpha value is -1.16. The summed E-state index contributed by atoms with van der Waals surface area (Å²) < 4.78 is 0. The molecule has 0 aliphatic rings. The fourth-order valence-corrected chi connectivity index (χ4v) is 1.06. The van der Waals surface area contributed by atoms with Gasteiger partial charge in [-0.25, -0.2) is 0 Å². The number of thiazole rings is 1. The Kier molecular flexibility index (Phi) is 3.47. The summed E-state index contributed by atoms with van der Waals surface area (Å²) in [5.41, 5.74) is 1.11. The van der Waals surface area contributed by atoms with Crippen LogP contribution in [0.4, 0.5) is 0 Å². The van der Waals surface area contributed by atoms with Gasteiger partial charge in [0.15, 0.2) is 0 Å². The third-order valence-corrected chi connectivity index (χ3v) is 1.90. The largest absolute Gasteiger partial charge is 0.283 e. The van der Waals surface area contributed by atoms with Crippen molar-refractivity contribution in [3.63, 3.8) is 0 Å². The number of aromatic nitrogens is 3.